The van der Waals surface area contributed by atoms with Crippen LogP contribution in [-0.4, -0.2) is 36.8 Å². The van der Waals surface area contributed by atoms with Crippen molar-refractivity contribution < 1.29 is 14.3 Å². The fourth-order valence-corrected chi connectivity index (χ4v) is 1.74. The second-order valence-corrected chi connectivity index (χ2v) is 3.81. The summed E-state index contributed by atoms with van der Waals surface area (Å²) in [7, 11) is 0. The smallest absolute Gasteiger partial charge is 0.335 e. The largest absolute Gasteiger partial charge is 0.464 e. The molecule has 1 fully saturated rings. The zero-order chi connectivity index (χ0) is 8.97. The normalized spacial score (nSPS) is 28.8. The first-order chi connectivity index (χ1) is 5.77. The van der Waals surface area contributed by atoms with E-state index in [0.29, 0.717) is 18.5 Å². The Hall–Kier alpha value is -0.220. The van der Waals surface area contributed by atoms with Gasteiger partial charge in [-0.3, -0.25) is 0 Å². The van der Waals surface area contributed by atoms with Crippen LogP contribution in [0.2, 0.25) is 0 Å². The zero-order valence-corrected chi connectivity index (χ0v) is 8.23. The molecule has 12 heavy (non-hydrogen) atoms. The molecular weight excluding hydrogens is 176 g/mol. The van der Waals surface area contributed by atoms with Crippen molar-refractivity contribution in [1.29, 1.82) is 0 Å². The molecular formula is C8H14O3S. The lowest BCUT2D eigenvalue weighted by molar-refractivity contribution is -0.153. The minimum Gasteiger partial charge on any atom is -0.464 e. The van der Waals surface area contributed by atoms with Crippen LogP contribution in [0.5, 0.6) is 0 Å². The topological polar surface area (TPSA) is 35.5 Å². The number of hydrogen-bond acceptors (Lipinski definition) is 4. The van der Waals surface area contributed by atoms with Crippen LogP contribution in [0.15, 0.2) is 0 Å². The van der Waals surface area contributed by atoms with Gasteiger partial charge in [0.1, 0.15) is 0 Å². The monoisotopic (exact) mass is 190 g/mol. The summed E-state index contributed by atoms with van der Waals surface area (Å²) in [4.78, 5) is 11.2. The molecule has 0 N–H and O–H groups in total. The van der Waals surface area contributed by atoms with Crippen LogP contribution in [0.4, 0.5) is 0 Å². The molecule has 3 nitrogen and oxygen atoms in total. The predicted molar refractivity (Wildman–Crippen MR) is 48.3 cm³/mol. The summed E-state index contributed by atoms with van der Waals surface area (Å²) < 4.78 is 10.1. The maximum atomic E-state index is 11.2. The van der Waals surface area contributed by atoms with E-state index < -0.39 is 0 Å². The lowest BCUT2D eigenvalue weighted by atomic mass is 10.2. The lowest BCUT2D eigenvalue weighted by Gasteiger charge is -2.07. The molecule has 1 saturated heterocycles. The molecule has 0 aromatic heterocycles. The highest BCUT2D eigenvalue weighted by Crippen LogP contribution is 2.23. The van der Waals surface area contributed by atoms with Crippen molar-refractivity contribution in [3.63, 3.8) is 0 Å². The first-order valence-corrected chi connectivity index (χ1v) is 5.37. The minimum atomic E-state index is -0.317. The number of ether oxygens (including phenoxy) is 2. The Bertz CT molecular complexity index is 160. The molecule has 0 aliphatic carbocycles. The molecule has 0 amide bonds. The number of hydrogen-bond donors (Lipinski definition) is 0. The van der Waals surface area contributed by atoms with Gasteiger partial charge in [0.05, 0.1) is 13.2 Å². The van der Waals surface area contributed by atoms with Gasteiger partial charge in [0.25, 0.3) is 0 Å². The van der Waals surface area contributed by atoms with Gasteiger partial charge in [0.15, 0.2) is 6.10 Å². The molecule has 1 heterocycles. The van der Waals surface area contributed by atoms with Crippen LogP contribution in [0.3, 0.4) is 0 Å². The van der Waals surface area contributed by atoms with E-state index in [9.17, 15) is 4.79 Å². The fraction of sp³-hybridized carbons (Fsp3) is 0.875. The molecule has 0 spiro atoms. The molecule has 0 radical (unpaired) electrons. The summed E-state index contributed by atoms with van der Waals surface area (Å²) in [6.45, 7) is 2.91. The highest BCUT2D eigenvalue weighted by Gasteiger charge is 2.31. The van der Waals surface area contributed by atoms with Crippen molar-refractivity contribution in [3.05, 3.63) is 0 Å². The first-order valence-electron chi connectivity index (χ1n) is 4.09. The van der Waals surface area contributed by atoms with E-state index in [0.717, 1.165) is 6.42 Å². The molecule has 0 saturated carbocycles. The van der Waals surface area contributed by atoms with Crippen LogP contribution in [0.25, 0.3) is 0 Å². The van der Waals surface area contributed by atoms with E-state index in [1.54, 1.807) is 18.7 Å². The van der Waals surface area contributed by atoms with Gasteiger partial charge in [-0.15, -0.1) is 0 Å². The predicted octanol–water partition coefficient (Wildman–Crippen LogP) is 1.07. The number of rotatable bonds is 3. The van der Waals surface area contributed by atoms with E-state index in [2.05, 4.69) is 0 Å². The average molecular weight is 190 g/mol. The maximum Gasteiger partial charge on any atom is 0.335 e. The number of carbonyl (C=O) groups is 1. The van der Waals surface area contributed by atoms with Crippen LogP contribution in [-0.2, 0) is 14.3 Å². The Morgan fingerprint density at radius 3 is 3.00 bits per heavy atom. The van der Waals surface area contributed by atoms with Crippen molar-refractivity contribution >= 4 is 17.7 Å². The molecule has 0 aromatic carbocycles. The Morgan fingerprint density at radius 1 is 1.75 bits per heavy atom. The number of esters is 1. The number of carbonyl (C=O) groups excluding carboxylic acids is 1. The third-order valence-electron chi connectivity index (χ3n) is 1.84. The summed E-state index contributed by atoms with van der Waals surface area (Å²) in [5.74, 6) is -0.214. The summed E-state index contributed by atoms with van der Waals surface area (Å²) >= 11 is 1.74. The third-order valence-corrected chi connectivity index (χ3v) is 2.84. The molecule has 1 aliphatic rings. The van der Waals surface area contributed by atoms with Gasteiger partial charge >= 0.3 is 5.97 Å². The summed E-state index contributed by atoms with van der Waals surface area (Å²) in [5.41, 5.74) is 0. The van der Waals surface area contributed by atoms with Gasteiger partial charge < -0.3 is 9.47 Å². The molecule has 1 rings (SSSR count). The van der Waals surface area contributed by atoms with Gasteiger partial charge in [0, 0.05) is 5.25 Å². The molecule has 4 heteroatoms. The average Bonchev–Trinajstić information content (AvgIpc) is 2.52. The molecule has 0 aromatic rings. The van der Waals surface area contributed by atoms with E-state index in [-0.39, 0.29) is 12.1 Å². The van der Waals surface area contributed by atoms with E-state index in [4.69, 9.17) is 9.47 Å². The quantitative estimate of drug-likeness (QED) is 0.624. The second kappa shape index (κ2) is 4.72. The van der Waals surface area contributed by atoms with Crippen molar-refractivity contribution in [1.82, 2.24) is 0 Å². The Morgan fingerprint density at radius 2 is 2.50 bits per heavy atom. The van der Waals surface area contributed by atoms with Crippen LogP contribution in [0.1, 0.15) is 13.3 Å². The van der Waals surface area contributed by atoms with Gasteiger partial charge in [-0.25, -0.2) is 4.79 Å². The molecule has 1 aliphatic heterocycles. The van der Waals surface area contributed by atoms with E-state index >= 15 is 0 Å². The van der Waals surface area contributed by atoms with Gasteiger partial charge in [-0.2, -0.15) is 11.8 Å². The minimum absolute atomic E-state index is 0.214. The standard InChI is InChI=1S/C8H14O3S/c1-3-10-8(9)7-4-6(12-2)5-11-7/h6-7H,3-5H2,1-2H3. The second-order valence-electron chi connectivity index (χ2n) is 2.67. The van der Waals surface area contributed by atoms with E-state index in [1.807, 2.05) is 6.26 Å². The SMILES string of the molecule is CCOC(=O)C1CC(SC)CO1. The van der Waals surface area contributed by atoms with Crippen molar-refractivity contribution in [2.75, 3.05) is 19.5 Å². The first kappa shape index (κ1) is 9.86. The van der Waals surface area contributed by atoms with Gasteiger partial charge in [0.2, 0.25) is 0 Å². The van der Waals surface area contributed by atoms with E-state index in [1.165, 1.54) is 0 Å². The van der Waals surface area contributed by atoms with Gasteiger partial charge in [-0.1, -0.05) is 0 Å². The lowest BCUT2D eigenvalue weighted by Crippen LogP contribution is -2.22. The molecule has 2 unspecified atom stereocenters. The van der Waals surface area contributed by atoms with Crippen molar-refractivity contribution in [2.24, 2.45) is 0 Å². The zero-order valence-electron chi connectivity index (χ0n) is 7.41. The Kier molecular flexibility index (Phi) is 3.88. The molecule has 70 valence electrons. The Labute approximate surface area is 76.8 Å². The van der Waals surface area contributed by atoms with Crippen LogP contribution >= 0.6 is 11.8 Å². The highest BCUT2D eigenvalue weighted by molar-refractivity contribution is 7.99. The highest BCUT2D eigenvalue weighted by atomic mass is 32.2. The Balaban J connectivity index is 2.31. The van der Waals surface area contributed by atoms with Crippen molar-refractivity contribution in [2.45, 2.75) is 24.7 Å². The maximum absolute atomic E-state index is 11.2. The summed E-state index contributed by atoms with van der Waals surface area (Å²) in [6, 6.07) is 0. The summed E-state index contributed by atoms with van der Waals surface area (Å²) in [6.07, 6.45) is 2.50. The van der Waals surface area contributed by atoms with Crippen LogP contribution in [0, 0.1) is 0 Å². The van der Waals surface area contributed by atoms with Gasteiger partial charge in [-0.05, 0) is 19.6 Å². The molecule has 2 atom stereocenters. The van der Waals surface area contributed by atoms with Crippen LogP contribution < -0.4 is 0 Å². The fourth-order valence-electron chi connectivity index (χ4n) is 1.16. The molecule has 0 bridgehead atoms. The van der Waals surface area contributed by atoms with Crippen molar-refractivity contribution in [3.8, 4) is 0 Å². The summed E-state index contributed by atoms with van der Waals surface area (Å²) in [5, 5.41) is 0.458. The number of thioether (sulfide) groups is 1. The third kappa shape index (κ3) is 2.38.